The number of nitrogens with zero attached hydrogens (tertiary/aromatic N) is 1. The fraction of sp³-hybridized carbons (Fsp3) is 0.933. The molecule has 0 aromatic rings. The van der Waals surface area contributed by atoms with Crippen LogP contribution in [0.15, 0.2) is 0 Å². The molecule has 1 aliphatic carbocycles. The highest BCUT2D eigenvalue weighted by Gasteiger charge is 2.18. The van der Waals surface area contributed by atoms with Crippen LogP contribution in [0, 0.1) is 17.2 Å². The van der Waals surface area contributed by atoms with E-state index in [9.17, 15) is 0 Å². The summed E-state index contributed by atoms with van der Waals surface area (Å²) in [6, 6.07) is 2.41. The first-order valence-corrected chi connectivity index (χ1v) is 7.18. The minimum atomic E-state index is 0.0265. The van der Waals surface area contributed by atoms with Crippen molar-refractivity contribution in [2.24, 2.45) is 5.92 Å². The van der Waals surface area contributed by atoms with Gasteiger partial charge in [-0.15, -0.1) is 0 Å². The second-order valence-corrected chi connectivity index (χ2v) is 6.51. The van der Waals surface area contributed by atoms with E-state index in [0.29, 0.717) is 0 Å². The summed E-state index contributed by atoms with van der Waals surface area (Å²) in [5.41, 5.74) is 0.0469. The first kappa shape index (κ1) is 14.5. The van der Waals surface area contributed by atoms with E-state index in [-0.39, 0.29) is 11.6 Å². The third-order valence-electron chi connectivity index (χ3n) is 3.59. The van der Waals surface area contributed by atoms with Crippen molar-refractivity contribution >= 4 is 0 Å². The lowest BCUT2D eigenvalue weighted by Gasteiger charge is -2.25. The van der Waals surface area contributed by atoms with Crippen molar-refractivity contribution in [3.05, 3.63) is 0 Å². The molecule has 0 aromatic carbocycles. The van der Waals surface area contributed by atoms with Gasteiger partial charge in [-0.3, -0.25) is 5.32 Å². The Morgan fingerprint density at radius 2 is 1.88 bits per heavy atom. The van der Waals surface area contributed by atoms with Crippen LogP contribution in [0.2, 0.25) is 0 Å². The van der Waals surface area contributed by atoms with Gasteiger partial charge in [-0.25, -0.2) is 0 Å². The zero-order chi connectivity index (χ0) is 12.7. The van der Waals surface area contributed by atoms with Gasteiger partial charge < -0.3 is 0 Å². The Bertz CT molecular complexity index is 241. The number of rotatable bonds is 5. The normalized spacial score (nSPS) is 19.9. The second kappa shape index (κ2) is 7.01. The predicted molar refractivity (Wildman–Crippen MR) is 72.7 cm³/mol. The second-order valence-electron chi connectivity index (χ2n) is 6.51. The molecule has 1 rings (SSSR count). The van der Waals surface area contributed by atoms with E-state index in [4.69, 9.17) is 5.26 Å². The van der Waals surface area contributed by atoms with E-state index < -0.39 is 0 Å². The van der Waals surface area contributed by atoms with Gasteiger partial charge in [0.15, 0.2) is 0 Å². The Kier molecular flexibility index (Phi) is 5.98. The predicted octanol–water partition coefficient (Wildman–Crippen LogP) is 4.02. The summed E-state index contributed by atoms with van der Waals surface area (Å²) in [6.45, 7) is 6.37. The van der Waals surface area contributed by atoms with Crippen LogP contribution in [0.4, 0.5) is 0 Å². The largest absolute Gasteiger partial charge is 0.297 e. The summed E-state index contributed by atoms with van der Waals surface area (Å²) in [7, 11) is 0. The molecule has 0 bridgehead atoms. The molecule has 0 aromatic heterocycles. The van der Waals surface area contributed by atoms with Gasteiger partial charge in [0.25, 0.3) is 0 Å². The maximum atomic E-state index is 9.11. The van der Waals surface area contributed by atoms with Gasteiger partial charge in [-0.05, 0) is 33.1 Å². The Morgan fingerprint density at radius 3 is 2.41 bits per heavy atom. The summed E-state index contributed by atoms with van der Waals surface area (Å²) >= 11 is 0. The highest BCUT2D eigenvalue weighted by atomic mass is 15.0. The molecule has 0 heterocycles. The van der Waals surface area contributed by atoms with Gasteiger partial charge in [-0.1, -0.05) is 44.9 Å². The van der Waals surface area contributed by atoms with Crippen molar-refractivity contribution in [2.75, 3.05) is 0 Å². The van der Waals surface area contributed by atoms with Crippen LogP contribution >= 0.6 is 0 Å². The molecule has 1 atom stereocenters. The molecule has 1 aliphatic rings. The molecule has 2 heteroatoms. The highest BCUT2D eigenvalue weighted by Crippen LogP contribution is 2.27. The third-order valence-corrected chi connectivity index (χ3v) is 3.59. The van der Waals surface area contributed by atoms with E-state index in [1.165, 1.54) is 44.9 Å². The number of nitrogens with one attached hydrogen (secondary N) is 1. The molecule has 2 nitrogen and oxygen atoms in total. The molecule has 1 unspecified atom stereocenters. The molecule has 98 valence electrons. The first-order chi connectivity index (χ1) is 8.01. The first-order valence-electron chi connectivity index (χ1n) is 7.18. The topological polar surface area (TPSA) is 35.8 Å². The van der Waals surface area contributed by atoms with E-state index in [1.807, 2.05) is 0 Å². The number of nitriles is 1. The van der Waals surface area contributed by atoms with Crippen LogP contribution < -0.4 is 5.32 Å². The van der Waals surface area contributed by atoms with Crippen molar-refractivity contribution in [3.63, 3.8) is 0 Å². The molecule has 1 N–H and O–H groups in total. The maximum Gasteiger partial charge on any atom is 0.0956 e. The summed E-state index contributed by atoms with van der Waals surface area (Å²) in [4.78, 5) is 0. The molecule has 17 heavy (non-hydrogen) atoms. The molecular formula is C15H28N2. The molecule has 1 fully saturated rings. The van der Waals surface area contributed by atoms with Gasteiger partial charge in [0.1, 0.15) is 0 Å². The minimum absolute atomic E-state index is 0.0265. The third kappa shape index (κ3) is 6.68. The number of hydrogen-bond acceptors (Lipinski definition) is 2. The van der Waals surface area contributed by atoms with E-state index >= 15 is 0 Å². The highest BCUT2D eigenvalue weighted by molar-refractivity contribution is 4.93. The van der Waals surface area contributed by atoms with Gasteiger partial charge in [0, 0.05) is 5.54 Å². The van der Waals surface area contributed by atoms with Gasteiger partial charge in [0.05, 0.1) is 12.1 Å². The van der Waals surface area contributed by atoms with E-state index in [2.05, 4.69) is 32.2 Å². The SMILES string of the molecule is CC(C)(C)NC(C#N)CCCC1CCCCC1. The Hall–Kier alpha value is -0.550. The average Bonchev–Trinajstić information content (AvgIpc) is 2.27. The average molecular weight is 236 g/mol. The van der Waals surface area contributed by atoms with E-state index in [1.54, 1.807) is 0 Å². The summed E-state index contributed by atoms with van der Waals surface area (Å²) < 4.78 is 0. The molecular weight excluding hydrogens is 208 g/mol. The van der Waals surface area contributed by atoms with Gasteiger partial charge >= 0.3 is 0 Å². The van der Waals surface area contributed by atoms with Crippen LogP contribution in [0.25, 0.3) is 0 Å². The lowest BCUT2D eigenvalue weighted by atomic mass is 9.85. The summed E-state index contributed by atoms with van der Waals surface area (Å²) in [5.74, 6) is 0.942. The zero-order valence-corrected chi connectivity index (χ0v) is 11.8. The monoisotopic (exact) mass is 236 g/mol. The van der Waals surface area contributed by atoms with Crippen molar-refractivity contribution in [1.82, 2.24) is 5.32 Å². The lowest BCUT2D eigenvalue weighted by Crippen LogP contribution is -2.42. The van der Waals surface area contributed by atoms with Crippen molar-refractivity contribution in [3.8, 4) is 6.07 Å². The quantitative estimate of drug-likeness (QED) is 0.782. The van der Waals surface area contributed by atoms with Gasteiger partial charge in [-0.2, -0.15) is 5.26 Å². The molecule has 0 radical (unpaired) electrons. The van der Waals surface area contributed by atoms with E-state index in [0.717, 1.165) is 12.3 Å². The summed E-state index contributed by atoms with van der Waals surface area (Å²) in [5, 5.41) is 12.5. The fourth-order valence-corrected chi connectivity index (χ4v) is 2.78. The van der Waals surface area contributed by atoms with Crippen molar-refractivity contribution < 1.29 is 0 Å². The molecule has 1 saturated carbocycles. The van der Waals surface area contributed by atoms with Crippen LogP contribution in [0.1, 0.15) is 72.1 Å². The Labute approximate surface area is 107 Å². The Balaban J connectivity index is 2.17. The van der Waals surface area contributed by atoms with Crippen LogP contribution in [0.3, 0.4) is 0 Å². The minimum Gasteiger partial charge on any atom is -0.297 e. The fourth-order valence-electron chi connectivity index (χ4n) is 2.78. The van der Waals surface area contributed by atoms with Gasteiger partial charge in [0.2, 0.25) is 0 Å². The molecule has 0 aliphatic heterocycles. The molecule has 0 amide bonds. The zero-order valence-electron chi connectivity index (χ0n) is 11.8. The van der Waals surface area contributed by atoms with Crippen LogP contribution in [-0.4, -0.2) is 11.6 Å². The lowest BCUT2D eigenvalue weighted by molar-refractivity contribution is 0.317. The maximum absolute atomic E-state index is 9.11. The van der Waals surface area contributed by atoms with Crippen molar-refractivity contribution in [2.45, 2.75) is 83.7 Å². The number of hydrogen-bond donors (Lipinski definition) is 1. The smallest absolute Gasteiger partial charge is 0.0956 e. The van der Waals surface area contributed by atoms with Crippen LogP contribution in [-0.2, 0) is 0 Å². The summed E-state index contributed by atoms with van der Waals surface area (Å²) in [6.07, 6.45) is 10.6. The molecule has 0 saturated heterocycles. The standard InChI is InChI=1S/C15H28N2/c1-15(2,3)17-14(12-16)11-7-10-13-8-5-4-6-9-13/h13-14,17H,4-11H2,1-3H3. The Morgan fingerprint density at radius 1 is 1.24 bits per heavy atom. The molecule has 0 spiro atoms. The van der Waals surface area contributed by atoms with Crippen molar-refractivity contribution in [1.29, 1.82) is 5.26 Å². The van der Waals surface area contributed by atoms with Crippen LogP contribution in [0.5, 0.6) is 0 Å².